The van der Waals surface area contributed by atoms with E-state index in [9.17, 15) is 44.6 Å². The molecule has 6 N–H and O–H groups in total. The van der Waals surface area contributed by atoms with Crippen LogP contribution >= 0.6 is 7.82 Å². The van der Waals surface area contributed by atoms with Crippen molar-refractivity contribution >= 4 is 19.8 Å². The third kappa shape index (κ3) is 28.7. The van der Waals surface area contributed by atoms with Gasteiger partial charge in [-0.2, -0.15) is 0 Å². The standard InChI is InChI=1S/C45H85O13P/c1-3-5-7-9-11-13-15-16-17-18-19-20-21-22-24-25-27-29-31-33-38(46)55-35-37(57-39(47)34-32-30-28-26-23-14-12-10-8-6-4-2)36-56-59(53,54)58-45-43(51)41(49)40(48)42(50)44(45)52/h16-17,37,40-45,48-52H,3-15,18-36H2,1-2H3,(H,53,54)/b17-16+/t37-,40?,41-,42?,43?,44?,45?/m1/s1. The van der Waals surface area contributed by atoms with Gasteiger partial charge in [0.2, 0.25) is 0 Å². The molecule has 13 nitrogen and oxygen atoms in total. The summed E-state index contributed by atoms with van der Waals surface area (Å²) in [5.41, 5.74) is 0. The average Bonchev–Trinajstić information content (AvgIpc) is 3.21. The van der Waals surface area contributed by atoms with E-state index in [1.54, 1.807) is 0 Å². The molecule has 0 spiro atoms. The first kappa shape index (κ1) is 55.6. The minimum atomic E-state index is -5.11. The van der Waals surface area contributed by atoms with Crippen LogP contribution in [0, 0.1) is 0 Å². The molecule has 14 heteroatoms. The summed E-state index contributed by atoms with van der Waals surface area (Å²) in [5.74, 6) is -1.09. The number of allylic oxidation sites excluding steroid dienone is 2. The molecule has 0 aromatic heterocycles. The van der Waals surface area contributed by atoms with Crippen molar-refractivity contribution in [3.05, 3.63) is 12.2 Å². The molecule has 0 radical (unpaired) electrons. The minimum absolute atomic E-state index is 0.101. The first-order chi connectivity index (χ1) is 28.4. The van der Waals surface area contributed by atoms with Crippen LogP contribution in [0.3, 0.4) is 0 Å². The number of aliphatic hydroxyl groups is 5. The quantitative estimate of drug-likeness (QED) is 0.0148. The van der Waals surface area contributed by atoms with E-state index in [2.05, 4.69) is 26.0 Å². The van der Waals surface area contributed by atoms with Crippen molar-refractivity contribution in [1.82, 2.24) is 0 Å². The highest BCUT2D eigenvalue weighted by Gasteiger charge is 2.51. The lowest BCUT2D eigenvalue weighted by molar-refractivity contribution is -0.220. The smallest absolute Gasteiger partial charge is 0.462 e. The lowest BCUT2D eigenvalue weighted by Gasteiger charge is -2.41. The highest BCUT2D eigenvalue weighted by Crippen LogP contribution is 2.47. The normalized spacial score (nSPS) is 22.4. The second-order valence-corrected chi connectivity index (χ2v) is 18.0. The molecule has 0 aromatic carbocycles. The van der Waals surface area contributed by atoms with Gasteiger partial charge in [-0.05, 0) is 38.5 Å². The molecule has 0 bridgehead atoms. The molecule has 8 atom stereocenters. The zero-order valence-electron chi connectivity index (χ0n) is 36.8. The van der Waals surface area contributed by atoms with Crippen LogP contribution in [-0.2, 0) is 32.7 Å². The third-order valence-electron chi connectivity index (χ3n) is 11.1. The van der Waals surface area contributed by atoms with Crippen LogP contribution in [-0.4, -0.2) is 98.3 Å². The molecule has 1 saturated carbocycles. The van der Waals surface area contributed by atoms with Crippen LogP contribution in [0.2, 0.25) is 0 Å². The molecule has 1 aliphatic rings. The molecule has 1 rings (SSSR count). The number of rotatable bonds is 39. The van der Waals surface area contributed by atoms with Crippen LogP contribution in [0.4, 0.5) is 0 Å². The number of aliphatic hydroxyl groups excluding tert-OH is 5. The van der Waals surface area contributed by atoms with E-state index in [4.69, 9.17) is 18.5 Å². The Morgan fingerprint density at radius 1 is 0.508 bits per heavy atom. The van der Waals surface area contributed by atoms with Gasteiger partial charge >= 0.3 is 19.8 Å². The van der Waals surface area contributed by atoms with Crippen molar-refractivity contribution in [3.63, 3.8) is 0 Å². The average molecular weight is 865 g/mol. The van der Waals surface area contributed by atoms with Gasteiger partial charge in [0.25, 0.3) is 0 Å². The monoisotopic (exact) mass is 865 g/mol. The highest BCUT2D eigenvalue weighted by atomic mass is 31.2. The summed E-state index contributed by atoms with van der Waals surface area (Å²) in [6.07, 6.45) is 24.2. The maximum absolute atomic E-state index is 12.8. The van der Waals surface area contributed by atoms with Gasteiger partial charge in [-0.1, -0.05) is 167 Å². The Hall–Kier alpha value is -1.41. The lowest BCUT2D eigenvalue weighted by atomic mass is 9.85. The van der Waals surface area contributed by atoms with E-state index in [1.165, 1.54) is 122 Å². The van der Waals surface area contributed by atoms with Crippen molar-refractivity contribution in [1.29, 1.82) is 0 Å². The molecular formula is C45H85O13P. The van der Waals surface area contributed by atoms with Crippen LogP contribution in [0.15, 0.2) is 12.2 Å². The molecule has 0 heterocycles. The van der Waals surface area contributed by atoms with Gasteiger partial charge in [0, 0.05) is 12.8 Å². The van der Waals surface area contributed by atoms with Gasteiger partial charge < -0.3 is 39.9 Å². The Balaban J connectivity index is 2.40. The van der Waals surface area contributed by atoms with Crippen molar-refractivity contribution in [2.45, 2.75) is 249 Å². The maximum atomic E-state index is 12.8. The van der Waals surface area contributed by atoms with Gasteiger partial charge in [0.15, 0.2) is 6.10 Å². The molecule has 59 heavy (non-hydrogen) atoms. The number of phosphoric ester groups is 1. The van der Waals surface area contributed by atoms with E-state index in [1.807, 2.05) is 0 Å². The van der Waals surface area contributed by atoms with E-state index in [0.717, 1.165) is 44.9 Å². The predicted octanol–water partition coefficient (Wildman–Crippen LogP) is 9.06. The fraction of sp³-hybridized carbons (Fsp3) is 0.911. The molecule has 0 aliphatic heterocycles. The Morgan fingerprint density at radius 3 is 1.29 bits per heavy atom. The van der Waals surface area contributed by atoms with Crippen molar-refractivity contribution in [2.24, 2.45) is 0 Å². The SMILES string of the molecule is CCCCCCCC/C=C/CCCCCCCCCCCC(=O)OC[C@H](COP(=O)(O)OC1C(O)C(O)C(O)[C@@H](O)C1O)OC(=O)CCCCCCCCCCCCC. The summed E-state index contributed by atoms with van der Waals surface area (Å²) >= 11 is 0. The fourth-order valence-corrected chi connectivity index (χ4v) is 8.26. The zero-order valence-corrected chi connectivity index (χ0v) is 37.7. The highest BCUT2D eigenvalue weighted by molar-refractivity contribution is 7.47. The number of esters is 2. The molecule has 0 amide bonds. The summed E-state index contributed by atoms with van der Waals surface area (Å²) in [5, 5.41) is 50.1. The van der Waals surface area contributed by atoms with Gasteiger partial charge in [0.1, 0.15) is 43.2 Å². The topological polar surface area (TPSA) is 210 Å². The Kier molecular flexibility index (Phi) is 34.0. The predicted molar refractivity (Wildman–Crippen MR) is 231 cm³/mol. The number of ether oxygens (including phenoxy) is 2. The number of hydrogen-bond acceptors (Lipinski definition) is 12. The molecular weight excluding hydrogens is 779 g/mol. The first-order valence-electron chi connectivity index (χ1n) is 23.5. The van der Waals surface area contributed by atoms with Crippen LogP contribution in [0.25, 0.3) is 0 Å². The number of phosphoric acid groups is 1. The fourth-order valence-electron chi connectivity index (χ4n) is 7.28. The van der Waals surface area contributed by atoms with Crippen molar-refractivity contribution in [2.75, 3.05) is 13.2 Å². The van der Waals surface area contributed by atoms with E-state index >= 15 is 0 Å². The Morgan fingerprint density at radius 2 is 0.864 bits per heavy atom. The van der Waals surface area contributed by atoms with Crippen LogP contribution < -0.4 is 0 Å². The number of carbonyl (C=O) groups excluding carboxylic acids is 2. The summed E-state index contributed by atoms with van der Waals surface area (Å²) in [6.45, 7) is 3.29. The largest absolute Gasteiger partial charge is 0.472 e. The van der Waals surface area contributed by atoms with Crippen molar-refractivity contribution in [3.8, 4) is 0 Å². The van der Waals surface area contributed by atoms with Crippen LogP contribution in [0.1, 0.15) is 206 Å². The molecule has 6 unspecified atom stereocenters. The van der Waals surface area contributed by atoms with E-state index in [-0.39, 0.29) is 12.8 Å². The van der Waals surface area contributed by atoms with Gasteiger partial charge in [-0.3, -0.25) is 18.6 Å². The van der Waals surface area contributed by atoms with E-state index < -0.39 is 75.7 Å². The minimum Gasteiger partial charge on any atom is -0.462 e. The second kappa shape index (κ2) is 36.1. The van der Waals surface area contributed by atoms with Gasteiger partial charge in [-0.15, -0.1) is 0 Å². The number of carbonyl (C=O) groups is 2. The summed E-state index contributed by atoms with van der Waals surface area (Å²) in [4.78, 5) is 35.6. The first-order valence-corrected chi connectivity index (χ1v) is 25.0. The summed E-state index contributed by atoms with van der Waals surface area (Å²) in [7, 11) is -5.11. The molecule has 1 aliphatic carbocycles. The molecule has 1 fully saturated rings. The summed E-state index contributed by atoms with van der Waals surface area (Å²) in [6, 6.07) is 0. The summed E-state index contributed by atoms with van der Waals surface area (Å²) < 4.78 is 33.5. The molecule has 0 saturated heterocycles. The van der Waals surface area contributed by atoms with Crippen molar-refractivity contribution < 1.29 is 63.1 Å². The van der Waals surface area contributed by atoms with Gasteiger partial charge in [0.05, 0.1) is 6.61 Å². The maximum Gasteiger partial charge on any atom is 0.472 e. The van der Waals surface area contributed by atoms with Crippen LogP contribution in [0.5, 0.6) is 0 Å². The lowest BCUT2D eigenvalue weighted by Crippen LogP contribution is -2.64. The molecule has 348 valence electrons. The van der Waals surface area contributed by atoms with E-state index in [0.29, 0.717) is 12.8 Å². The van der Waals surface area contributed by atoms with Gasteiger partial charge in [-0.25, -0.2) is 4.57 Å². The zero-order chi connectivity index (χ0) is 43.6. The number of hydrogen-bond donors (Lipinski definition) is 6. The Bertz CT molecular complexity index is 1090. The Labute approximate surface area is 356 Å². The number of unbranched alkanes of at least 4 members (excludes halogenated alkanes) is 25. The molecule has 0 aromatic rings. The second-order valence-electron chi connectivity index (χ2n) is 16.6. The third-order valence-corrected chi connectivity index (χ3v) is 12.1.